The van der Waals surface area contributed by atoms with Crippen molar-refractivity contribution in [2.24, 2.45) is 0 Å². The summed E-state index contributed by atoms with van der Waals surface area (Å²) in [6.45, 7) is 4.54. The number of rotatable bonds is 14. The molecule has 0 saturated carbocycles. The maximum atomic E-state index is 11.9. The lowest BCUT2D eigenvalue weighted by Gasteiger charge is -2.14. The lowest BCUT2D eigenvalue weighted by molar-refractivity contribution is -0.159. The van der Waals surface area contributed by atoms with Crippen molar-refractivity contribution in [3.63, 3.8) is 0 Å². The zero-order valence-corrected chi connectivity index (χ0v) is 23.4. The Kier molecular flexibility index (Phi) is 28.3. The van der Waals surface area contributed by atoms with Crippen LogP contribution in [0.2, 0.25) is 0 Å². The maximum Gasteiger partial charge on any atom is 0.385 e. The number of hydrogen-bond donors (Lipinski definition) is 2. The zero-order valence-electron chi connectivity index (χ0n) is 22.5. The molecule has 1 atom stereocenters. The molecule has 7 heteroatoms. The highest BCUT2D eigenvalue weighted by Gasteiger charge is 2.15. The number of unbranched alkanes of at least 4 members (excludes halogenated alkanes) is 8. The van der Waals surface area contributed by atoms with E-state index in [1.807, 2.05) is 0 Å². The van der Waals surface area contributed by atoms with E-state index in [4.69, 9.17) is 9.47 Å². The molecule has 0 unspecified atom stereocenters. The van der Waals surface area contributed by atoms with Crippen molar-refractivity contribution in [3.05, 3.63) is 0 Å². The molecule has 0 aromatic carbocycles. The third-order valence-electron chi connectivity index (χ3n) is 4.24. The number of carbonyl (C=O) groups is 3. The highest BCUT2D eigenvalue weighted by Crippen LogP contribution is 2.11. The molecule has 0 fully saturated rings. The molecule has 0 aliphatic rings. The normalized spacial score (nSPS) is 8.87. The van der Waals surface area contributed by atoms with Crippen molar-refractivity contribution >= 4 is 29.7 Å². The second-order valence-corrected chi connectivity index (χ2v) is 8.25. The van der Waals surface area contributed by atoms with Crippen molar-refractivity contribution in [3.8, 4) is 71.0 Å². The quantitative estimate of drug-likeness (QED) is 0.0825. The standard InChI is InChI=1S/C29H32O5.C2H4OS.11H2/c1-3-5-7-9-11-13-14-16-17-19-21-23-28(31)33-26-27(25-30)34-29(32)24-22-20-18-15-12-10-8-6-4-2;1-2(3)4;;;;;;;;;;;/h27,30H,4,6,8,10,12,15,18,20,22,24-26H2,1-2H3;1H3,(H,3,4);11*1H/t27-;;;;;;;;;;;;/m0............/s1. The fraction of sp³-hybridized carbons (Fsp3) is 0.516. The summed E-state index contributed by atoms with van der Waals surface area (Å²) in [5.41, 5.74) is 0. The summed E-state index contributed by atoms with van der Waals surface area (Å²) in [4.78, 5) is 32.8. The second kappa shape index (κ2) is 29.5. The van der Waals surface area contributed by atoms with E-state index in [0.29, 0.717) is 0 Å². The molecule has 6 nitrogen and oxygen atoms in total. The smallest absolute Gasteiger partial charge is 0.385 e. The summed E-state index contributed by atoms with van der Waals surface area (Å²) >= 11 is 3.33. The highest BCUT2D eigenvalue weighted by molar-refractivity contribution is 7.96. The monoisotopic (exact) mass is 558 g/mol. The first-order valence-corrected chi connectivity index (χ1v) is 12.9. The van der Waals surface area contributed by atoms with Gasteiger partial charge in [-0.05, 0) is 72.5 Å². The summed E-state index contributed by atoms with van der Waals surface area (Å²) in [7, 11) is 0. The number of thiol groups is 1. The van der Waals surface area contributed by atoms with Crippen LogP contribution in [0.15, 0.2) is 0 Å². The van der Waals surface area contributed by atoms with Crippen LogP contribution >= 0.6 is 12.6 Å². The molecule has 38 heavy (non-hydrogen) atoms. The summed E-state index contributed by atoms with van der Waals surface area (Å²) in [5, 5.41) is 9.19. The fourth-order valence-electron chi connectivity index (χ4n) is 2.55. The highest BCUT2D eigenvalue weighted by atomic mass is 32.1. The molecule has 0 aliphatic heterocycles. The average Bonchev–Trinajstić information content (AvgIpc) is 2.88. The number of aliphatic hydroxyl groups is 1. The molecule has 0 radical (unpaired) electrons. The zero-order chi connectivity index (χ0) is 28.7. The largest absolute Gasteiger partial charge is 0.456 e. The molecule has 0 aromatic rings. The van der Waals surface area contributed by atoms with Gasteiger partial charge in [-0.25, -0.2) is 4.79 Å². The summed E-state index contributed by atoms with van der Waals surface area (Å²) < 4.78 is 10.0. The van der Waals surface area contributed by atoms with Gasteiger partial charge >= 0.3 is 11.9 Å². The Bertz CT molecular complexity index is 1120. The van der Waals surface area contributed by atoms with E-state index >= 15 is 0 Å². The summed E-state index contributed by atoms with van der Waals surface area (Å²) in [6, 6.07) is 0. The number of ether oxygens (including phenoxy) is 2. The van der Waals surface area contributed by atoms with Crippen LogP contribution < -0.4 is 0 Å². The van der Waals surface area contributed by atoms with Crippen LogP contribution in [0.3, 0.4) is 0 Å². The summed E-state index contributed by atoms with van der Waals surface area (Å²) in [5.74, 6) is 28.0. The molecular weight excluding hydrogens is 500 g/mol. The Balaban J connectivity index is -0.0000000742. The SMILES string of the molecule is CC#CC#CC#CC#CC#CC#CC(=O)OC[C@H](CO)OC(=O)CCCCCCCCCCC.CC(=O)S.[HH].[HH].[HH].[HH].[HH].[HH].[HH].[HH].[HH].[HH].[HH]. The van der Waals surface area contributed by atoms with Crippen LogP contribution in [0.1, 0.15) is 101 Å². The predicted octanol–water partition coefficient (Wildman–Crippen LogP) is 6.56. The molecule has 0 spiro atoms. The first-order valence-electron chi connectivity index (χ1n) is 12.5. The number of aliphatic hydroxyl groups excluding tert-OH is 1. The first-order chi connectivity index (χ1) is 18.4. The van der Waals surface area contributed by atoms with Gasteiger partial charge in [-0.15, -0.1) is 12.6 Å². The Morgan fingerprint density at radius 1 is 0.789 bits per heavy atom. The van der Waals surface area contributed by atoms with Gasteiger partial charge in [0.25, 0.3) is 0 Å². The van der Waals surface area contributed by atoms with Gasteiger partial charge < -0.3 is 14.6 Å². The van der Waals surface area contributed by atoms with E-state index in [0.717, 1.165) is 19.3 Å². The van der Waals surface area contributed by atoms with Crippen LogP contribution in [0, 0.1) is 71.0 Å². The molecule has 0 heterocycles. The topological polar surface area (TPSA) is 89.9 Å². The Morgan fingerprint density at radius 3 is 1.71 bits per heavy atom. The van der Waals surface area contributed by atoms with E-state index < -0.39 is 24.6 Å². The predicted molar refractivity (Wildman–Crippen MR) is 175 cm³/mol. The molecule has 0 amide bonds. The minimum Gasteiger partial charge on any atom is -0.456 e. The molecule has 0 saturated heterocycles. The Labute approximate surface area is 250 Å². The van der Waals surface area contributed by atoms with Crippen molar-refractivity contribution in [1.82, 2.24) is 0 Å². The number of carbonyl (C=O) groups excluding carboxylic acids is 3. The van der Waals surface area contributed by atoms with Gasteiger partial charge in [-0.3, -0.25) is 9.59 Å². The third-order valence-corrected chi connectivity index (χ3v) is 4.24. The molecule has 0 aromatic heterocycles. The van der Waals surface area contributed by atoms with Crippen LogP contribution in [-0.4, -0.2) is 41.5 Å². The molecule has 0 bridgehead atoms. The number of hydrogen-bond acceptors (Lipinski definition) is 6. The molecule has 0 rings (SSSR count). The van der Waals surface area contributed by atoms with Gasteiger partial charge in [0.05, 0.1) is 6.61 Å². The summed E-state index contributed by atoms with van der Waals surface area (Å²) in [6.07, 6.45) is 9.72. The Hall–Kier alpha value is -3.72. The van der Waals surface area contributed by atoms with Crippen molar-refractivity contribution in [2.45, 2.75) is 91.1 Å². The van der Waals surface area contributed by atoms with Gasteiger partial charge in [0.1, 0.15) is 6.61 Å². The van der Waals surface area contributed by atoms with Crippen LogP contribution in [0.5, 0.6) is 0 Å². The third kappa shape index (κ3) is 32.3. The molecular formula is C31H58O6S. The van der Waals surface area contributed by atoms with Crippen LogP contribution in [0.25, 0.3) is 0 Å². The van der Waals surface area contributed by atoms with Crippen molar-refractivity contribution < 1.29 is 44.7 Å². The van der Waals surface area contributed by atoms with Gasteiger partial charge in [0.15, 0.2) is 11.2 Å². The number of esters is 2. The fourth-order valence-corrected chi connectivity index (χ4v) is 2.55. The second-order valence-electron chi connectivity index (χ2n) is 7.62. The van der Waals surface area contributed by atoms with Crippen molar-refractivity contribution in [2.75, 3.05) is 13.2 Å². The Morgan fingerprint density at radius 2 is 1.24 bits per heavy atom. The lowest BCUT2D eigenvalue weighted by atomic mass is 10.1. The molecule has 0 aliphatic carbocycles. The van der Waals surface area contributed by atoms with Crippen molar-refractivity contribution in [1.29, 1.82) is 0 Å². The van der Waals surface area contributed by atoms with Gasteiger partial charge in [-0.1, -0.05) is 64.2 Å². The van der Waals surface area contributed by atoms with E-state index in [1.165, 1.54) is 45.4 Å². The van der Waals surface area contributed by atoms with Crippen LogP contribution in [0.4, 0.5) is 0 Å². The minimum atomic E-state index is -0.918. The first kappa shape index (κ1) is 36.4. The van der Waals surface area contributed by atoms with Gasteiger partial charge in [0.2, 0.25) is 0 Å². The van der Waals surface area contributed by atoms with E-state index in [9.17, 15) is 19.5 Å². The van der Waals surface area contributed by atoms with E-state index in [-0.39, 0.29) is 33.8 Å². The van der Waals surface area contributed by atoms with Gasteiger partial charge in [-0.2, -0.15) is 0 Å². The molecule has 224 valence electrons. The van der Waals surface area contributed by atoms with Gasteiger partial charge in [0, 0.05) is 35.0 Å². The minimum absolute atomic E-state index is 0. The maximum absolute atomic E-state index is 11.9. The van der Waals surface area contributed by atoms with E-state index in [1.54, 1.807) is 6.92 Å². The lowest BCUT2D eigenvalue weighted by Crippen LogP contribution is -2.28. The molecule has 1 N–H and O–H groups in total. The average molecular weight is 559 g/mol. The van der Waals surface area contributed by atoms with E-state index in [2.05, 4.69) is 90.6 Å². The van der Waals surface area contributed by atoms with Crippen LogP contribution in [-0.2, 0) is 23.9 Å².